The minimum Gasteiger partial charge on any atom is -0.305 e. The van der Waals surface area contributed by atoms with Gasteiger partial charge in [-0.05, 0) is 34.5 Å². The quantitative estimate of drug-likeness (QED) is 0.128. The molecule has 3 heterocycles. The molecule has 1 radical (unpaired) electrons. The third-order valence-electron chi connectivity index (χ3n) is 7.50. The Kier molecular flexibility index (Phi) is 10.8. The van der Waals surface area contributed by atoms with Crippen molar-refractivity contribution in [2.24, 2.45) is 5.41 Å². The molecule has 0 bridgehead atoms. The molecule has 0 saturated heterocycles. The zero-order chi connectivity index (χ0) is 32.6. The largest absolute Gasteiger partial charge is 0.305 e. The van der Waals surface area contributed by atoms with E-state index in [0.29, 0.717) is 10.8 Å². The van der Waals surface area contributed by atoms with Crippen molar-refractivity contribution in [1.29, 1.82) is 0 Å². The Morgan fingerprint density at radius 3 is 2.38 bits per heavy atom. The van der Waals surface area contributed by atoms with Crippen LogP contribution in [0.15, 0.2) is 85.2 Å². The number of aromatic nitrogens is 2. The number of rotatable bonds is 5. The Labute approximate surface area is 289 Å². The summed E-state index contributed by atoms with van der Waals surface area (Å²) in [5.41, 5.74) is 6.43. The second kappa shape index (κ2) is 14.4. The van der Waals surface area contributed by atoms with E-state index >= 15 is 0 Å². The van der Waals surface area contributed by atoms with Gasteiger partial charge in [0.25, 0.3) is 0 Å². The molecule has 235 valence electrons. The first-order valence-electron chi connectivity index (χ1n) is 15.6. The van der Waals surface area contributed by atoms with Crippen molar-refractivity contribution < 1.29 is 25.9 Å². The Hall–Kier alpha value is -2.70. The first kappa shape index (κ1) is 33.7. The minimum absolute atomic E-state index is 0. The summed E-state index contributed by atoms with van der Waals surface area (Å²) in [4.78, 5) is 9.19. The zero-order valence-corrected chi connectivity index (χ0v) is 32.6. The molecule has 0 atom stereocenters. The van der Waals surface area contributed by atoms with Crippen LogP contribution in [0.4, 0.5) is 4.39 Å². The number of benzene rings is 3. The van der Waals surface area contributed by atoms with Crippen molar-refractivity contribution in [3.05, 3.63) is 114 Å². The summed E-state index contributed by atoms with van der Waals surface area (Å²) in [6.07, 6.45) is 4.96. The Morgan fingerprint density at radius 1 is 0.933 bits per heavy atom. The Bertz CT molecular complexity index is 1950. The standard InChI is InChI=1S/C20H15FNS.C19H26GeN.Ir/c1-12(2)13-9-10-22-17(11-13)14-5-3-6-15-19-16(21)7-4-8-18(19)23-20(14)15;1-19(2,3)13-16-12-18(15-10-8-7-9-11-15)21-14-17(16)20(4,5)6;/h3-4,6-12H,1-2H3;7-10,12,14H,13H2,1-6H3;/q2*-1;/i12D;;. The van der Waals surface area contributed by atoms with Crippen LogP contribution < -0.4 is 4.40 Å². The summed E-state index contributed by atoms with van der Waals surface area (Å²) in [6.45, 7) is 10.6. The fraction of sp³-hybridized carbons (Fsp3) is 0.282. The maximum Gasteiger partial charge on any atom is 0.130 e. The molecule has 0 aliphatic rings. The average Bonchev–Trinajstić information content (AvgIpc) is 3.36. The van der Waals surface area contributed by atoms with E-state index in [0.717, 1.165) is 49.3 Å². The molecule has 6 rings (SSSR count). The van der Waals surface area contributed by atoms with Crippen LogP contribution in [0.25, 0.3) is 42.7 Å². The van der Waals surface area contributed by atoms with E-state index in [2.05, 4.69) is 73.5 Å². The number of pyridine rings is 2. The van der Waals surface area contributed by atoms with Crippen molar-refractivity contribution in [3.8, 4) is 22.5 Å². The van der Waals surface area contributed by atoms with Crippen LogP contribution >= 0.6 is 11.3 Å². The van der Waals surface area contributed by atoms with Gasteiger partial charge < -0.3 is 4.98 Å². The van der Waals surface area contributed by atoms with Crippen molar-refractivity contribution in [3.63, 3.8) is 0 Å². The molecule has 0 aliphatic carbocycles. The number of hydrogen-bond acceptors (Lipinski definition) is 3. The summed E-state index contributed by atoms with van der Waals surface area (Å²) in [5, 5.41) is 1.55. The fourth-order valence-corrected chi connectivity index (χ4v) is 9.93. The van der Waals surface area contributed by atoms with Gasteiger partial charge in [-0.2, -0.15) is 11.3 Å². The maximum atomic E-state index is 14.3. The molecule has 0 amide bonds. The SMILES string of the molecule is CC(C)(C)Cc1cc(-c2[c-]cccc2)nc[c]1[Ge]([CH3])([CH3])[CH3].[2H]C(C)(C)c1ccnc(-c2[c-]ccc3c2sc2cccc(F)c23)c1.[Ir]. The molecule has 0 N–H and O–H groups in total. The molecule has 3 aromatic heterocycles. The fourth-order valence-electron chi connectivity index (χ4n) is 5.41. The predicted octanol–water partition coefficient (Wildman–Crippen LogP) is 10.9. The van der Waals surface area contributed by atoms with Gasteiger partial charge in [0, 0.05) is 37.8 Å². The third-order valence-corrected chi connectivity index (χ3v) is 13.0. The predicted molar refractivity (Wildman–Crippen MR) is 190 cm³/mol. The summed E-state index contributed by atoms with van der Waals surface area (Å²) in [5.74, 6) is 6.43. The van der Waals surface area contributed by atoms with Gasteiger partial charge in [0.1, 0.15) is 5.82 Å². The van der Waals surface area contributed by atoms with E-state index in [1.54, 1.807) is 23.6 Å². The molecule has 2 nitrogen and oxygen atoms in total. The smallest absolute Gasteiger partial charge is 0.130 e. The van der Waals surface area contributed by atoms with Gasteiger partial charge in [-0.1, -0.05) is 36.9 Å². The normalized spacial score (nSPS) is 12.3. The molecule has 0 fully saturated rings. The molecule has 0 unspecified atom stereocenters. The van der Waals surface area contributed by atoms with Gasteiger partial charge in [-0.3, -0.25) is 0 Å². The maximum absolute atomic E-state index is 14.3. The second-order valence-corrected chi connectivity index (χ2v) is 25.4. The van der Waals surface area contributed by atoms with Gasteiger partial charge in [0.05, 0.1) is 0 Å². The van der Waals surface area contributed by atoms with Crippen LogP contribution in [0.2, 0.25) is 17.3 Å². The molecular formula is C39H41FGeIrN2S-2. The molecule has 0 aliphatic heterocycles. The van der Waals surface area contributed by atoms with Crippen LogP contribution in [0.5, 0.6) is 0 Å². The van der Waals surface area contributed by atoms with Crippen LogP contribution in [-0.2, 0) is 26.5 Å². The molecule has 3 aromatic carbocycles. The molecule has 45 heavy (non-hydrogen) atoms. The third kappa shape index (κ3) is 8.37. The van der Waals surface area contributed by atoms with E-state index in [9.17, 15) is 4.39 Å². The monoisotopic (exact) mass is 856 g/mol. The van der Waals surface area contributed by atoms with Crippen LogP contribution in [0.1, 0.15) is 53.0 Å². The van der Waals surface area contributed by atoms with E-state index < -0.39 is 19.2 Å². The van der Waals surface area contributed by atoms with Crippen molar-refractivity contribution in [2.75, 3.05) is 0 Å². The Balaban J connectivity index is 0.000000207. The topological polar surface area (TPSA) is 25.8 Å². The number of halogens is 1. The summed E-state index contributed by atoms with van der Waals surface area (Å²) in [7, 11) is 0. The van der Waals surface area contributed by atoms with Crippen molar-refractivity contribution >= 4 is 49.2 Å². The van der Waals surface area contributed by atoms with Gasteiger partial charge in [0.15, 0.2) is 0 Å². The van der Waals surface area contributed by atoms with E-state index in [4.69, 9.17) is 6.35 Å². The average molecular weight is 855 g/mol. The first-order valence-corrected chi connectivity index (χ1v) is 23.2. The number of hydrogen-bond donors (Lipinski definition) is 0. The van der Waals surface area contributed by atoms with Crippen LogP contribution in [0, 0.1) is 23.4 Å². The van der Waals surface area contributed by atoms with Crippen LogP contribution in [-0.4, -0.2) is 23.2 Å². The number of thiophene rings is 1. The van der Waals surface area contributed by atoms with E-state index in [1.807, 2.05) is 62.4 Å². The minimum atomic E-state index is -1.90. The zero-order valence-electron chi connectivity index (χ0n) is 28.3. The summed E-state index contributed by atoms with van der Waals surface area (Å²) in [6, 6.07) is 29.6. The summed E-state index contributed by atoms with van der Waals surface area (Å²) >= 11 is -0.344. The number of nitrogens with zero attached hydrogens (tertiary/aromatic N) is 2. The van der Waals surface area contributed by atoms with Gasteiger partial charge in [-0.25, -0.2) is 4.39 Å². The molecule has 0 saturated carbocycles. The Morgan fingerprint density at radius 2 is 1.71 bits per heavy atom. The van der Waals surface area contributed by atoms with Gasteiger partial charge in [0.2, 0.25) is 0 Å². The van der Waals surface area contributed by atoms with Gasteiger partial charge in [-0.15, -0.1) is 23.8 Å². The van der Waals surface area contributed by atoms with Gasteiger partial charge >= 0.3 is 132 Å². The molecule has 6 heteroatoms. The second-order valence-electron chi connectivity index (χ2n) is 13.7. The van der Waals surface area contributed by atoms with E-state index in [1.165, 1.54) is 16.0 Å². The van der Waals surface area contributed by atoms with E-state index in [-0.39, 0.29) is 25.9 Å². The molecule has 0 spiro atoms. The van der Waals surface area contributed by atoms with Crippen molar-refractivity contribution in [1.82, 2.24) is 9.97 Å². The first-order chi connectivity index (χ1) is 21.1. The van der Waals surface area contributed by atoms with Crippen LogP contribution in [0.3, 0.4) is 0 Å². The molecular weight excluding hydrogens is 812 g/mol. The number of fused-ring (bicyclic) bond motifs is 3. The van der Waals surface area contributed by atoms with Crippen molar-refractivity contribution in [2.45, 2.75) is 64.2 Å². The molecule has 6 aromatic rings. The summed E-state index contributed by atoms with van der Waals surface area (Å²) < 4.78 is 25.9.